The highest BCUT2D eigenvalue weighted by atomic mass is 32.2. The lowest BCUT2D eigenvalue weighted by atomic mass is 10.3. The molecule has 1 aromatic rings. The van der Waals surface area contributed by atoms with Gasteiger partial charge in [0, 0.05) is 6.54 Å². The third kappa shape index (κ3) is 5.00. The van der Waals surface area contributed by atoms with Crippen LogP contribution in [0.25, 0.3) is 0 Å². The molecule has 4 heteroatoms. The fraction of sp³-hybridized carbons (Fsp3) is 0.636. The molecular formula is C11H19NOS2. The van der Waals surface area contributed by atoms with E-state index in [1.54, 1.807) is 6.26 Å². The van der Waals surface area contributed by atoms with Crippen LogP contribution in [0.1, 0.15) is 17.4 Å². The Bertz CT molecular complexity index is 249. The van der Waals surface area contributed by atoms with E-state index in [2.05, 4.69) is 37.7 Å². The Hall–Kier alpha value is -0.0600. The van der Waals surface area contributed by atoms with E-state index in [1.165, 1.54) is 0 Å². The predicted molar refractivity (Wildman–Crippen MR) is 70.9 cm³/mol. The van der Waals surface area contributed by atoms with E-state index in [-0.39, 0.29) is 0 Å². The molecule has 0 bridgehead atoms. The van der Waals surface area contributed by atoms with Crippen LogP contribution in [0.5, 0.6) is 0 Å². The number of rotatable bonds is 7. The van der Waals surface area contributed by atoms with Gasteiger partial charge in [0.1, 0.15) is 5.76 Å². The summed E-state index contributed by atoms with van der Waals surface area (Å²) in [5, 5.41) is 0.440. The fourth-order valence-corrected chi connectivity index (χ4v) is 2.99. The number of hydrogen-bond donors (Lipinski definition) is 1. The standard InChI is InChI=1S/C11H19NOS2/c1-12(2)9-11(15-8-4-7-14)10-5-3-6-13-10/h3,5-6,11,14H,4,7-9H2,1-2H3. The Kier molecular flexibility index (Phi) is 6.29. The van der Waals surface area contributed by atoms with Crippen LogP contribution in [0.15, 0.2) is 22.8 Å². The van der Waals surface area contributed by atoms with Crippen LogP contribution in [-0.2, 0) is 0 Å². The molecule has 0 amide bonds. The largest absolute Gasteiger partial charge is 0.468 e. The molecule has 0 spiro atoms. The van der Waals surface area contributed by atoms with Crippen LogP contribution in [0, 0.1) is 0 Å². The Morgan fingerprint density at radius 1 is 1.53 bits per heavy atom. The second-order valence-corrected chi connectivity index (χ2v) is 5.47. The van der Waals surface area contributed by atoms with Crippen molar-refractivity contribution in [3.05, 3.63) is 24.2 Å². The first-order valence-electron chi connectivity index (χ1n) is 5.14. The van der Waals surface area contributed by atoms with Gasteiger partial charge in [0.25, 0.3) is 0 Å². The highest BCUT2D eigenvalue weighted by Crippen LogP contribution is 2.30. The molecule has 15 heavy (non-hydrogen) atoms. The number of thiol groups is 1. The molecule has 0 fully saturated rings. The fourth-order valence-electron chi connectivity index (χ4n) is 1.32. The van der Waals surface area contributed by atoms with E-state index in [9.17, 15) is 0 Å². The van der Waals surface area contributed by atoms with Gasteiger partial charge in [-0.1, -0.05) is 0 Å². The number of nitrogens with zero attached hydrogens (tertiary/aromatic N) is 1. The van der Waals surface area contributed by atoms with Crippen LogP contribution in [0.4, 0.5) is 0 Å². The molecule has 1 rings (SSSR count). The SMILES string of the molecule is CN(C)CC(SCCCS)c1ccco1. The first kappa shape index (κ1) is 13.0. The Balaban J connectivity index is 2.46. The Morgan fingerprint density at radius 3 is 2.87 bits per heavy atom. The van der Waals surface area contributed by atoms with Crippen molar-refractivity contribution in [1.82, 2.24) is 4.90 Å². The third-order valence-electron chi connectivity index (χ3n) is 2.01. The summed E-state index contributed by atoms with van der Waals surface area (Å²) in [6, 6.07) is 4.01. The molecule has 1 aromatic heterocycles. The number of thioether (sulfide) groups is 1. The maximum absolute atomic E-state index is 5.46. The van der Waals surface area contributed by atoms with Crippen LogP contribution >= 0.6 is 24.4 Å². The number of furan rings is 1. The quantitative estimate of drug-likeness (QED) is 0.588. The Morgan fingerprint density at radius 2 is 2.33 bits per heavy atom. The van der Waals surface area contributed by atoms with Crippen LogP contribution < -0.4 is 0 Å². The molecule has 1 heterocycles. The van der Waals surface area contributed by atoms with Gasteiger partial charge in [-0.3, -0.25) is 0 Å². The summed E-state index contributed by atoms with van der Waals surface area (Å²) in [5.74, 6) is 3.18. The van der Waals surface area contributed by atoms with Crippen molar-refractivity contribution in [3.8, 4) is 0 Å². The maximum Gasteiger partial charge on any atom is 0.118 e. The number of hydrogen-bond acceptors (Lipinski definition) is 4. The van der Waals surface area contributed by atoms with Crippen molar-refractivity contribution >= 4 is 24.4 Å². The second-order valence-electron chi connectivity index (χ2n) is 3.71. The van der Waals surface area contributed by atoms with Crippen molar-refractivity contribution in [1.29, 1.82) is 0 Å². The monoisotopic (exact) mass is 245 g/mol. The minimum atomic E-state index is 0.440. The molecule has 0 aliphatic rings. The Labute approximate surface area is 102 Å². The van der Waals surface area contributed by atoms with Crippen LogP contribution in [0.2, 0.25) is 0 Å². The van der Waals surface area contributed by atoms with Gasteiger partial charge in [0.15, 0.2) is 0 Å². The van der Waals surface area contributed by atoms with Gasteiger partial charge in [-0.2, -0.15) is 12.6 Å². The predicted octanol–water partition coefficient (Wildman–Crippen LogP) is 2.94. The summed E-state index contributed by atoms with van der Waals surface area (Å²) in [4.78, 5) is 2.20. The summed E-state index contributed by atoms with van der Waals surface area (Å²) in [6.45, 7) is 1.02. The second kappa shape index (κ2) is 7.25. The molecule has 0 N–H and O–H groups in total. The van der Waals surface area contributed by atoms with Gasteiger partial charge in [-0.15, -0.1) is 11.8 Å². The normalized spacial score (nSPS) is 13.3. The van der Waals surface area contributed by atoms with Crippen molar-refractivity contribution < 1.29 is 4.42 Å². The van der Waals surface area contributed by atoms with Gasteiger partial charge in [0.05, 0.1) is 11.5 Å². The van der Waals surface area contributed by atoms with Crippen molar-refractivity contribution in [2.24, 2.45) is 0 Å². The third-order valence-corrected chi connectivity index (χ3v) is 3.64. The summed E-state index contributed by atoms with van der Waals surface area (Å²) >= 11 is 6.17. The van der Waals surface area contributed by atoms with Gasteiger partial charge in [-0.05, 0) is 44.2 Å². The molecule has 1 unspecified atom stereocenters. The molecule has 0 radical (unpaired) electrons. The summed E-state index contributed by atoms with van der Waals surface area (Å²) in [7, 11) is 4.18. The molecule has 0 aliphatic carbocycles. The van der Waals surface area contributed by atoms with Gasteiger partial charge in [-0.25, -0.2) is 0 Å². The van der Waals surface area contributed by atoms with Crippen molar-refractivity contribution in [3.63, 3.8) is 0 Å². The van der Waals surface area contributed by atoms with Crippen molar-refractivity contribution in [2.45, 2.75) is 11.7 Å². The average Bonchev–Trinajstić information content (AvgIpc) is 2.68. The lowest BCUT2D eigenvalue weighted by Crippen LogP contribution is -2.18. The molecular weight excluding hydrogens is 226 g/mol. The molecule has 0 saturated carbocycles. The minimum absolute atomic E-state index is 0.440. The topological polar surface area (TPSA) is 16.4 Å². The molecule has 86 valence electrons. The summed E-state index contributed by atoms with van der Waals surface area (Å²) in [5.41, 5.74) is 0. The molecule has 0 aliphatic heterocycles. The van der Waals surface area contributed by atoms with E-state index < -0.39 is 0 Å². The first-order chi connectivity index (χ1) is 7.24. The van der Waals surface area contributed by atoms with E-state index in [0.717, 1.165) is 30.2 Å². The minimum Gasteiger partial charge on any atom is -0.468 e. The van der Waals surface area contributed by atoms with Gasteiger partial charge < -0.3 is 9.32 Å². The van der Waals surface area contributed by atoms with E-state index in [0.29, 0.717) is 5.25 Å². The first-order valence-corrected chi connectivity index (χ1v) is 6.82. The lowest BCUT2D eigenvalue weighted by molar-refractivity contribution is 0.385. The van der Waals surface area contributed by atoms with E-state index >= 15 is 0 Å². The van der Waals surface area contributed by atoms with Crippen LogP contribution in [0.3, 0.4) is 0 Å². The zero-order valence-electron chi connectivity index (χ0n) is 9.35. The highest BCUT2D eigenvalue weighted by molar-refractivity contribution is 7.99. The molecule has 1 atom stereocenters. The van der Waals surface area contributed by atoms with Gasteiger partial charge in [0.2, 0.25) is 0 Å². The molecule has 2 nitrogen and oxygen atoms in total. The molecule has 0 aromatic carbocycles. The van der Waals surface area contributed by atoms with Crippen LogP contribution in [-0.4, -0.2) is 37.0 Å². The zero-order valence-corrected chi connectivity index (χ0v) is 11.1. The van der Waals surface area contributed by atoms with Gasteiger partial charge >= 0.3 is 0 Å². The maximum atomic E-state index is 5.46. The lowest BCUT2D eigenvalue weighted by Gasteiger charge is -2.18. The summed E-state index contributed by atoms with van der Waals surface area (Å²) < 4.78 is 5.46. The zero-order chi connectivity index (χ0) is 11.1. The number of likely N-dealkylation sites (N-methyl/N-ethyl adjacent to an activating group) is 1. The van der Waals surface area contributed by atoms with Crippen molar-refractivity contribution in [2.75, 3.05) is 32.1 Å². The summed E-state index contributed by atoms with van der Waals surface area (Å²) in [6.07, 6.45) is 2.90. The van der Waals surface area contributed by atoms with E-state index in [4.69, 9.17) is 4.42 Å². The average molecular weight is 245 g/mol. The molecule has 0 saturated heterocycles. The highest BCUT2D eigenvalue weighted by Gasteiger charge is 2.15. The van der Waals surface area contributed by atoms with E-state index in [1.807, 2.05) is 17.8 Å². The smallest absolute Gasteiger partial charge is 0.118 e.